The first kappa shape index (κ1) is 27.4. The monoisotopic (exact) mass is 526 g/mol. The second-order valence-corrected chi connectivity index (χ2v) is 11.9. The third-order valence-electron chi connectivity index (χ3n) is 9.19. The predicted octanol–water partition coefficient (Wildman–Crippen LogP) is 10.1. The molecule has 2 fully saturated rings. The van der Waals surface area contributed by atoms with Crippen molar-refractivity contribution in [1.82, 2.24) is 0 Å². The summed E-state index contributed by atoms with van der Waals surface area (Å²) in [4.78, 5) is 0. The number of nitrogen functional groups attached to an aromatic ring is 2. The fourth-order valence-corrected chi connectivity index (χ4v) is 6.87. The van der Waals surface area contributed by atoms with Gasteiger partial charge in [-0.15, -0.1) is 0 Å². The molecule has 39 heavy (non-hydrogen) atoms. The molecule has 2 saturated carbocycles. The van der Waals surface area contributed by atoms with Gasteiger partial charge >= 0.3 is 0 Å². The molecule has 0 amide bonds. The Labute approximate surface area is 235 Å². The molecule has 5 rings (SSSR count). The molecule has 0 unspecified atom stereocenters. The van der Waals surface area contributed by atoms with Gasteiger partial charge in [0, 0.05) is 17.4 Å². The van der Waals surface area contributed by atoms with Crippen LogP contribution in [0.1, 0.15) is 95.5 Å². The first-order valence-corrected chi connectivity index (χ1v) is 15.3. The Balaban J connectivity index is 1.24. The first-order valence-electron chi connectivity index (χ1n) is 15.3. The van der Waals surface area contributed by atoms with E-state index in [0.29, 0.717) is 5.92 Å². The van der Waals surface area contributed by atoms with E-state index in [9.17, 15) is 0 Å². The topological polar surface area (TPSA) is 70.5 Å². The van der Waals surface area contributed by atoms with Crippen LogP contribution >= 0.6 is 0 Å². The van der Waals surface area contributed by atoms with Crippen molar-refractivity contribution >= 4 is 11.4 Å². The van der Waals surface area contributed by atoms with E-state index in [2.05, 4.69) is 19.1 Å². The molecule has 208 valence electrons. The van der Waals surface area contributed by atoms with Gasteiger partial charge < -0.3 is 20.9 Å². The van der Waals surface area contributed by atoms with Crippen molar-refractivity contribution in [3.05, 3.63) is 72.3 Å². The molecular formula is C35H46N2O2. The number of benzene rings is 3. The first-order chi connectivity index (χ1) is 19.1. The van der Waals surface area contributed by atoms with Crippen LogP contribution in [0, 0.1) is 17.8 Å². The molecular weight excluding hydrogens is 480 g/mol. The number of hydrogen-bond donors (Lipinski definition) is 2. The van der Waals surface area contributed by atoms with Crippen molar-refractivity contribution in [1.29, 1.82) is 0 Å². The van der Waals surface area contributed by atoms with Crippen LogP contribution in [0.5, 0.6) is 23.0 Å². The highest BCUT2D eigenvalue weighted by Gasteiger charge is 2.32. The number of ether oxygens (including phenoxy) is 2. The molecule has 0 saturated heterocycles. The Morgan fingerprint density at radius 2 is 1.15 bits per heavy atom. The molecule has 3 aromatic carbocycles. The van der Waals surface area contributed by atoms with Crippen molar-refractivity contribution in [2.45, 2.75) is 89.9 Å². The summed E-state index contributed by atoms with van der Waals surface area (Å²) in [6.45, 7) is 2.31. The van der Waals surface area contributed by atoms with E-state index in [1.807, 2.05) is 54.6 Å². The van der Waals surface area contributed by atoms with E-state index in [0.717, 1.165) is 52.1 Å². The zero-order valence-electron chi connectivity index (χ0n) is 23.6. The predicted molar refractivity (Wildman–Crippen MR) is 163 cm³/mol. The quantitative estimate of drug-likeness (QED) is 0.204. The molecule has 2 aliphatic carbocycles. The summed E-state index contributed by atoms with van der Waals surface area (Å²) in [7, 11) is 0. The molecule has 2 aliphatic rings. The average Bonchev–Trinajstić information content (AvgIpc) is 2.96. The van der Waals surface area contributed by atoms with Crippen molar-refractivity contribution < 1.29 is 9.47 Å². The maximum Gasteiger partial charge on any atom is 0.134 e. The lowest BCUT2D eigenvalue weighted by atomic mass is 9.68. The maximum atomic E-state index is 6.45. The number of unbranched alkanes of at least 4 members (excludes halogenated alkanes) is 2. The molecule has 0 aromatic heterocycles. The summed E-state index contributed by atoms with van der Waals surface area (Å²) in [5.41, 5.74) is 14.5. The van der Waals surface area contributed by atoms with E-state index < -0.39 is 0 Å². The summed E-state index contributed by atoms with van der Waals surface area (Å²) in [6, 6.07) is 21.4. The van der Waals surface area contributed by atoms with Crippen molar-refractivity contribution in [3.8, 4) is 23.0 Å². The third kappa shape index (κ3) is 7.50. The van der Waals surface area contributed by atoms with Crippen LogP contribution in [-0.4, -0.2) is 0 Å². The van der Waals surface area contributed by atoms with E-state index in [-0.39, 0.29) is 0 Å². The van der Waals surface area contributed by atoms with Crippen molar-refractivity contribution in [3.63, 3.8) is 0 Å². The van der Waals surface area contributed by atoms with E-state index in [4.69, 9.17) is 20.9 Å². The summed E-state index contributed by atoms with van der Waals surface area (Å²) in [5, 5.41) is 0. The van der Waals surface area contributed by atoms with Gasteiger partial charge in [0.05, 0.1) is 0 Å². The van der Waals surface area contributed by atoms with Gasteiger partial charge in [-0.25, -0.2) is 0 Å². The summed E-state index contributed by atoms with van der Waals surface area (Å²) in [5.74, 6) is 6.53. The maximum absolute atomic E-state index is 6.45. The molecule has 4 N–H and O–H groups in total. The van der Waals surface area contributed by atoms with E-state index in [1.54, 1.807) is 0 Å². The highest BCUT2D eigenvalue weighted by molar-refractivity contribution is 5.49. The zero-order valence-corrected chi connectivity index (χ0v) is 23.6. The lowest BCUT2D eigenvalue weighted by molar-refractivity contribution is 0.155. The van der Waals surface area contributed by atoms with E-state index >= 15 is 0 Å². The second-order valence-electron chi connectivity index (χ2n) is 11.9. The van der Waals surface area contributed by atoms with Gasteiger partial charge in [-0.2, -0.15) is 0 Å². The van der Waals surface area contributed by atoms with Gasteiger partial charge in [0.1, 0.15) is 23.0 Å². The fourth-order valence-electron chi connectivity index (χ4n) is 6.87. The molecule has 0 spiro atoms. The Morgan fingerprint density at radius 3 is 1.74 bits per heavy atom. The van der Waals surface area contributed by atoms with Crippen molar-refractivity contribution in [2.24, 2.45) is 17.8 Å². The molecule has 3 aromatic rings. The number of nitrogens with two attached hydrogens (primary N) is 2. The molecule has 0 atom stereocenters. The molecule has 0 heterocycles. The molecule has 0 bridgehead atoms. The highest BCUT2D eigenvalue weighted by atomic mass is 16.5. The van der Waals surface area contributed by atoms with Gasteiger partial charge in [0.15, 0.2) is 0 Å². The van der Waals surface area contributed by atoms with Crippen LogP contribution in [0.2, 0.25) is 0 Å². The molecule has 0 radical (unpaired) electrons. The number of hydrogen-bond acceptors (Lipinski definition) is 4. The highest BCUT2D eigenvalue weighted by Crippen LogP contribution is 2.47. The number of rotatable bonds is 10. The van der Waals surface area contributed by atoms with Gasteiger partial charge in [-0.3, -0.25) is 0 Å². The SMILES string of the molecule is CCCCCC1CCC(C2CCC(c3ccc(Oc4ccc(N)cc4)cc3Oc3ccc(N)cc3)CC2)CC1. The molecule has 0 aliphatic heterocycles. The lowest BCUT2D eigenvalue weighted by Gasteiger charge is -2.38. The van der Waals surface area contributed by atoms with Crippen molar-refractivity contribution in [2.75, 3.05) is 11.5 Å². The lowest BCUT2D eigenvalue weighted by Crippen LogP contribution is -2.25. The molecule has 4 nitrogen and oxygen atoms in total. The summed E-state index contributed by atoms with van der Waals surface area (Å²) >= 11 is 0. The zero-order chi connectivity index (χ0) is 27.0. The van der Waals surface area contributed by atoms with Gasteiger partial charge in [-0.05, 0) is 122 Å². The van der Waals surface area contributed by atoms with E-state index in [1.165, 1.54) is 82.6 Å². The Morgan fingerprint density at radius 1 is 0.615 bits per heavy atom. The van der Waals surface area contributed by atoms with Crippen LogP contribution in [0.3, 0.4) is 0 Å². The van der Waals surface area contributed by atoms with Crippen LogP contribution in [0.4, 0.5) is 11.4 Å². The summed E-state index contributed by atoms with van der Waals surface area (Å²) < 4.78 is 12.6. The minimum Gasteiger partial charge on any atom is -0.457 e. The smallest absolute Gasteiger partial charge is 0.134 e. The number of anilines is 2. The Bertz CT molecular complexity index is 1160. The average molecular weight is 527 g/mol. The van der Waals surface area contributed by atoms with Gasteiger partial charge in [0.2, 0.25) is 0 Å². The molecule has 4 heteroatoms. The minimum atomic E-state index is 0.515. The van der Waals surface area contributed by atoms with Gasteiger partial charge in [-0.1, -0.05) is 51.5 Å². The van der Waals surface area contributed by atoms with Crippen LogP contribution in [-0.2, 0) is 0 Å². The normalized spacial score (nSPS) is 23.3. The Kier molecular flexibility index (Phi) is 9.34. The van der Waals surface area contributed by atoms with Crippen LogP contribution in [0.25, 0.3) is 0 Å². The third-order valence-corrected chi connectivity index (χ3v) is 9.19. The van der Waals surface area contributed by atoms with Crippen LogP contribution < -0.4 is 20.9 Å². The summed E-state index contributed by atoms with van der Waals surface area (Å²) in [6.07, 6.45) is 16.6. The second kappa shape index (κ2) is 13.3. The largest absolute Gasteiger partial charge is 0.457 e. The van der Waals surface area contributed by atoms with Crippen LogP contribution in [0.15, 0.2) is 66.7 Å². The standard InChI is InChI=1S/C35H46N2O2/c1-2-3-4-5-25-6-8-26(9-7-25)27-10-12-28(13-11-27)34-23-22-33(38-31-18-14-29(36)15-19-31)24-35(34)39-32-20-16-30(37)17-21-32/h14-28H,2-13,36-37H2,1H3. The minimum absolute atomic E-state index is 0.515. The van der Waals surface area contributed by atoms with Gasteiger partial charge in [0.25, 0.3) is 0 Å². The fraction of sp³-hybridized carbons (Fsp3) is 0.486. The Hall–Kier alpha value is -3.14.